The number of carbonyl (C=O) groups is 2. The van der Waals surface area contributed by atoms with Crippen LogP contribution in [0.2, 0.25) is 0 Å². The lowest BCUT2D eigenvalue weighted by molar-refractivity contribution is -0.136. The molecule has 0 radical (unpaired) electrons. The summed E-state index contributed by atoms with van der Waals surface area (Å²) in [6.07, 6.45) is 3.32. The van der Waals surface area contributed by atoms with Gasteiger partial charge in [0.25, 0.3) is 0 Å². The molecule has 1 unspecified atom stereocenters. The van der Waals surface area contributed by atoms with E-state index in [1.54, 1.807) is 11.8 Å². The Hall–Kier alpha value is -1.49. The van der Waals surface area contributed by atoms with Crippen molar-refractivity contribution in [1.82, 2.24) is 9.80 Å². The Balaban J connectivity index is 2.06. The van der Waals surface area contributed by atoms with Crippen molar-refractivity contribution in [3.63, 3.8) is 0 Å². The molecular weight excluding hydrogens is 320 g/mol. The van der Waals surface area contributed by atoms with Crippen molar-refractivity contribution in [3.05, 3.63) is 29.8 Å². The average molecular weight is 349 g/mol. The van der Waals surface area contributed by atoms with Gasteiger partial charge in [-0.3, -0.25) is 9.59 Å². The number of carbonyl (C=O) groups excluding carboxylic acids is 2. The van der Waals surface area contributed by atoms with Crippen molar-refractivity contribution in [2.75, 3.05) is 19.3 Å². The van der Waals surface area contributed by atoms with Crippen molar-refractivity contribution in [2.24, 2.45) is 5.92 Å². The van der Waals surface area contributed by atoms with Gasteiger partial charge < -0.3 is 9.80 Å². The quantitative estimate of drug-likeness (QED) is 0.709. The molecule has 1 atom stereocenters. The molecular formula is C19H28N2O2S. The van der Waals surface area contributed by atoms with Gasteiger partial charge in [0.05, 0.1) is 5.92 Å². The summed E-state index contributed by atoms with van der Waals surface area (Å²) in [5, 5.41) is 0. The maximum Gasteiger partial charge on any atom is 0.228 e. The van der Waals surface area contributed by atoms with Gasteiger partial charge in [-0.05, 0) is 44.2 Å². The molecule has 5 heteroatoms. The van der Waals surface area contributed by atoms with Gasteiger partial charge in [0, 0.05) is 37.0 Å². The molecule has 1 fully saturated rings. The predicted molar refractivity (Wildman–Crippen MR) is 98.9 cm³/mol. The van der Waals surface area contributed by atoms with Gasteiger partial charge in [-0.25, -0.2) is 0 Å². The summed E-state index contributed by atoms with van der Waals surface area (Å²) >= 11 is 1.71. The van der Waals surface area contributed by atoms with Gasteiger partial charge >= 0.3 is 0 Å². The van der Waals surface area contributed by atoms with Crippen LogP contribution in [0.5, 0.6) is 0 Å². The fourth-order valence-corrected chi connectivity index (χ4v) is 3.55. The summed E-state index contributed by atoms with van der Waals surface area (Å²) in [5.74, 6) is 0.0170. The average Bonchev–Trinajstić information content (AvgIpc) is 2.96. The van der Waals surface area contributed by atoms with E-state index in [1.165, 1.54) is 4.90 Å². The van der Waals surface area contributed by atoms with E-state index in [0.717, 1.165) is 18.5 Å². The highest BCUT2D eigenvalue weighted by Crippen LogP contribution is 2.23. The Morgan fingerprint density at radius 2 is 2.00 bits per heavy atom. The number of thioether (sulfide) groups is 1. The molecule has 0 saturated carbocycles. The van der Waals surface area contributed by atoms with E-state index in [1.807, 2.05) is 23.6 Å². The first-order chi connectivity index (χ1) is 11.5. The summed E-state index contributed by atoms with van der Waals surface area (Å²) in [6.45, 7) is 7.99. The minimum absolute atomic E-state index is 0.101. The van der Waals surface area contributed by atoms with Crippen LogP contribution >= 0.6 is 11.8 Å². The molecule has 1 aromatic rings. The number of hydrogen-bond donors (Lipinski definition) is 0. The molecule has 2 amide bonds. The molecule has 0 aliphatic carbocycles. The van der Waals surface area contributed by atoms with Crippen molar-refractivity contribution in [1.29, 1.82) is 0 Å². The largest absolute Gasteiger partial charge is 0.339 e. The Morgan fingerprint density at radius 3 is 2.50 bits per heavy atom. The molecule has 2 rings (SSSR count). The van der Waals surface area contributed by atoms with Gasteiger partial charge in [-0.1, -0.05) is 19.1 Å². The van der Waals surface area contributed by atoms with E-state index >= 15 is 0 Å². The Morgan fingerprint density at radius 1 is 1.33 bits per heavy atom. The molecule has 1 heterocycles. The van der Waals surface area contributed by atoms with Crippen molar-refractivity contribution in [3.8, 4) is 0 Å². The van der Waals surface area contributed by atoms with Crippen molar-refractivity contribution >= 4 is 23.6 Å². The second kappa shape index (κ2) is 8.56. The molecule has 1 saturated heterocycles. The van der Waals surface area contributed by atoms with E-state index in [-0.39, 0.29) is 23.8 Å². The number of rotatable bonds is 7. The van der Waals surface area contributed by atoms with Crippen LogP contribution in [0.3, 0.4) is 0 Å². The van der Waals surface area contributed by atoms with Crippen molar-refractivity contribution < 1.29 is 9.59 Å². The third-order valence-corrected chi connectivity index (χ3v) is 5.21. The molecule has 132 valence electrons. The first-order valence-electron chi connectivity index (χ1n) is 8.67. The number of nitrogens with zero attached hydrogens (tertiary/aromatic N) is 2. The zero-order valence-corrected chi connectivity index (χ0v) is 15.9. The highest BCUT2D eigenvalue weighted by Gasteiger charge is 2.37. The number of hydrogen-bond acceptors (Lipinski definition) is 3. The van der Waals surface area contributed by atoms with Crippen LogP contribution in [0.1, 0.15) is 39.2 Å². The summed E-state index contributed by atoms with van der Waals surface area (Å²) < 4.78 is 0. The van der Waals surface area contributed by atoms with Gasteiger partial charge in [-0.2, -0.15) is 0 Å². The Kier molecular flexibility index (Phi) is 6.72. The first-order valence-corrected chi connectivity index (χ1v) is 9.89. The highest BCUT2D eigenvalue weighted by atomic mass is 32.2. The van der Waals surface area contributed by atoms with Crippen LogP contribution in [0.25, 0.3) is 0 Å². The molecule has 0 N–H and O–H groups in total. The molecule has 24 heavy (non-hydrogen) atoms. The fraction of sp³-hybridized carbons (Fsp3) is 0.579. The van der Waals surface area contributed by atoms with Gasteiger partial charge in [0.1, 0.15) is 0 Å². The van der Waals surface area contributed by atoms with Crippen molar-refractivity contribution in [2.45, 2.75) is 51.1 Å². The Bertz CT molecular complexity index is 571. The summed E-state index contributed by atoms with van der Waals surface area (Å²) in [7, 11) is 0. The molecule has 0 spiro atoms. The summed E-state index contributed by atoms with van der Waals surface area (Å²) in [4.78, 5) is 30.0. The maximum atomic E-state index is 12.9. The predicted octanol–water partition coefficient (Wildman–Crippen LogP) is 3.40. The Labute approximate surface area is 149 Å². The summed E-state index contributed by atoms with van der Waals surface area (Å²) in [6, 6.07) is 8.51. The van der Waals surface area contributed by atoms with Crippen LogP contribution in [-0.4, -0.2) is 47.0 Å². The van der Waals surface area contributed by atoms with Crippen LogP contribution in [0.15, 0.2) is 29.2 Å². The zero-order chi connectivity index (χ0) is 17.7. The number of benzene rings is 1. The minimum atomic E-state index is -0.197. The summed E-state index contributed by atoms with van der Waals surface area (Å²) in [5.41, 5.74) is 1.14. The normalized spacial score (nSPS) is 17.6. The van der Waals surface area contributed by atoms with E-state index in [0.29, 0.717) is 19.5 Å². The second-order valence-corrected chi connectivity index (χ2v) is 7.53. The van der Waals surface area contributed by atoms with Gasteiger partial charge in [0.2, 0.25) is 11.8 Å². The molecule has 0 bridgehead atoms. The third kappa shape index (κ3) is 4.53. The van der Waals surface area contributed by atoms with Crippen LogP contribution in [0, 0.1) is 5.92 Å². The smallest absolute Gasteiger partial charge is 0.228 e. The number of likely N-dealkylation sites (tertiary alicyclic amines) is 1. The van der Waals surface area contributed by atoms with Crippen LogP contribution in [0.4, 0.5) is 0 Å². The molecule has 1 aliphatic heterocycles. The van der Waals surface area contributed by atoms with Crippen LogP contribution in [-0.2, 0) is 16.1 Å². The van der Waals surface area contributed by atoms with E-state index in [4.69, 9.17) is 0 Å². The topological polar surface area (TPSA) is 40.6 Å². The lowest BCUT2D eigenvalue weighted by atomic mass is 10.1. The standard InChI is InChI=1S/C19H28N2O2S/c1-5-10-20(12-15-6-8-17(24-4)9-7-15)19(23)16-11-18(22)21(13-16)14(2)3/h6-9,14,16H,5,10-13H2,1-4H3. The SMILES string of the molecule is CCCN(Cc1ccc(SC)cc1)C(=O)C1CC(=O)N(C(C)C)C1. The molecule has 4 nitrogen and oxygen atoms in total. The van der Waals surface area contributed by atoms with Crippen LogP contribution < -0.4 is 0 Å². The maximum absolute atomic E-state index is 12.9. The first kappa shape index (κ1) is 18.8. The zero-order valence-electron chi connectivity index (χ0n) is 15.1. The van der Waals surface area contributed by atoms with E-state index in [2.05, 4.69) is 37.4 Å². The molecule has 1 aliphatic rings. The number of amides is 2. The van der Waals surface area contributed by atoms with E-state index in [9.17, 15) is 9.59 Å². The molecule has 1 aromatic carbocycles. The minimum Gasteiger partial charge on any atom is -0.339 e. The highest BCUT2D eigenvalue weighted by molar-refractivity contribution is 7.98. The lowest BCUT2D eigenvalue weighted by Gasteiger charge is -2.26. The fourth-order valence-electron chi connectivity index (χ4n) is 3.14. The monoisotopic (exact) mass is 348 g/mol. The second-order valence-electron chi connectivity index (χ2n) is 6.65. The third-order valence-electron chi connectivity index (χ3n) is 4.47. The lowest BCUT2D eigenvalue weighted by Crippen LogP contribution is -2.38. The van der Waals surface area contributed by atoms with E-state index < -0.39 is 0 Å². The molecule has 0 aromatic heterocycles. The van der Waals surface area contributed by atoms with Gasteiger partial charge in [0.15, 0.2) is 0 Å². The van der Waals surface area contributed by atoms with Gasteiger partial charge in [-0.15, -0.1) is 11.8 Å².